The molecule has 1 N–H and O–H groups in total. The minimum atomic E-state index is -0.303. The molecule has 3 atom stereocenters. The fraction of sp³-hybridized carbons (Fsp3) is 0.643. The lowest BCUT2D eigenvalue weighted by Crippen LogP contribution is -2.55. The Kier molecular flexibility index (Phi) is 3.75. The van der Waals surface area contributed by atoms with Gasteiger partial charge in [-0.3, -0.25) is 4.79 Å². The highest BCUT2D eigenvalue weighted by atomic mass is 35.5. The van der Waals surface area contributed by atoms with Crippen molar-refractivity contribution in [2.75, 3.05) is 16.8 Å². The number of halogens is 1. The molecule has 0 saturated heterocycles. The normalized spacial score (nSPS) is 29.0. The summed E-state index contributed by atoms with van der Waals surface area (Å²) in [5.74, 6) is 0.736. The van der Waals surface area contributed by atoms with E-state index in [0.717, 1.165) is 12.8 Å². The molecule has 0 aromatic carbocycles. The van der Waals surface area contributed by atoms with E-state index in [2.05, 4.69) is 9.97 Å². The molecule has 6 nitrogen and oxygen atoms in total. The Balaban J connectivity index is 2.08. The van der Waals surface area contributed by atoms with E-state index in [4.69, 9.17) is 11.6 Å². The number of carbonyl (C=O) groups excluding carboxylic acids is 1. The number of anilines is 2. The Bertz CT molecular complexity index is 568. The monoisotopic (exact) mass is 310 g/mol. The van der Waals surface area contributed by atoms with Gasteiger partial charge in [0.2, 0.25) is 11.2 Å². The van der Waals surface area contributed by atoms with Crippen LogP contribution in [-0.2, 0) is 4.79 Å². The number of rotatable bonds is 2. The van der Waals surface area contributed by atoms with Gasteiger partial charge >= 0.3 is 0 Å². The van der Waals surface area contributed by atoms with Crippen molar-refractivity contribution < 1.29 is 9.90 Å². The Morgan fingerprint density at radius 2 is 2.24 bits per heavy atom. The van der Waals surface area contributed by atoms with Crippen molar-refractivity contribution in [3.63, 3.8) is 0 Å². The first kappa shape index (κ1) is 14.5. The van der Waals surface area contributed by atoms with Crippen LogP contribution in [0.15, 0.2) is 6.20 Å². The summed E-state index contributed by atoms with van der Waals surface area (Å²) in [4.78, 5) is 24.6. The number of carbonyl (C=O) groups is 1. The molecule has 1 fully saturated rings. The van der Waals surface area contributed by atoms with Crippen LogP contribution in [0.2, 0.25) is 5.28 Å². The first-order valence-corrected chi connectivity index (χ1v) is 7.67. The van der Waals surface area contributed by atoms with E-state index in [1.165, 1.54) is 0 Å². The van der Waals surface area contributed by atoms with Crippen molar-refractivity contribution in [1.82, 2.24) is 9.97 Å². The molecule has 2 aliphatic rings. The molecule has 1 aliphatic heterocycles. The molecular formula is C14H19ClN4O2. The third-order valence-corrected chi connectivity index (χ3v) is 4.62. The quantitative estimate of drug-likeness (QED) is 0.840. The highest BCUT2D eigenvalue weighted by Gasteiger charge is 2.42. The van der Waals surface area contributed by atoms with Crippen LogP contribution >= 0.6 is 11.6 Å². The third-order valence-electron chi connectivity index (χ3n) is 4.44. The van der Waals surface area contributed by atoms with Gasteiger partial charge in [0.15, 0.2) is 5.82 Å². The summed E-state index contributed by atoms with van der Waals surface area (Å²) >= 11 is 5.95. The summed E-state index contributed by atoms with van der Waals surface area (Å²) in [5, 5.41) is 10.0. The first-order valence-electron chi connectivity index (χ1n) is 7.29. The van der Waals surface area contributed by atoms with Gasteiger partial charge in [-0.1, -0.05) is 6.92 Å². The van der Waals surface area contributed by atoms with Crippen LogP contribution in [0.25, 0.3) is 0 Å². The summed E-state index contributed by atoms with van der Waals surface area (Å²) in [6.45, 7) is 1.99. The van der Waals surface area contributed by atoms with E-state index in [0.29, 0.717) is 24.3 Å². The Morgan fingerprint density at radius 1 is 1.48 bits per heavy atom. The zero-order valence-electron chi connectivity index (χ0n) is 12.2. The smallest absolute Gasteiger partial charge is 0.249 e. The zero-order valence-corrected chi connectivity index (χ0v) is 12.9. The molecule has 1 saturated carbocycles. The minimum Gasteiger partial charge on any atom is -0.393 e. The number of amides is 1. The van der Waals surface area contributed by atoms with Crippen LogP contribution in [0, 0.1) is 0 Å². The average molecular weight is 311 g/mol. The summed E-state index contributed by atoms with van der Waals surface area (Å²) < 4.78 is 0. The largest absolute Gasteiger partial charge is 0.393 e. The minimum absolute atomic E-state index is 0.0392. The lowest BCUT2D eigenvalue weighted by atomic mass is 10.0. The molecule has 3 rings (SSSR count). The molecule has 1 aromatic heterocycles. The number of likely N-dealkylation sites (N-methyl/N-ethyl adjacent to an activating group) is 1. The molecule has 0 spiro atoms. The molecule has 2 heterocycles. The second-order valence-electron chi connectivity index (χ2n) is 5.70. The number of aliphatic hydroxyl groups is 1. The molecule has 0 radical (unpaired) electrons. The summed E-state index contributed by atoms with van der Waals surface area (Å²) in [6.07, 6.45) is 4.26. The maximum absolute atomic E-state index is 12.6. The van der Waals surface area contributed by atoms with Crippen molar-refractivity contribution in [2.45, 2.75) is 50.8 Å². The predicted molar refractivity (Wildman–Crippen MR) is 80.7 cm³/mol. The van der Waals surface area contributed by atoms with E-state index in [9.17, 15) is 9.90 Å². The zero-order chi connectivity index (χ0) is 15.1. The fourth-order valence-electron chi connectivity index (χ4n) is 3.37. The van der Waals surface area contributed by atoms with Gasteiger partial charge in [-0.15, -0.1) is 0 Å². The SMILES string of the molecule is CCC1C(=O)N(C)c2cnc(Cl)nc2N1C1CCC(O)C1. The number of aromatic nitrogens is 2. The molecule has 7 heteroatoms. The number of hydrogen-bond acceptors (Lipinski definition) is 5. The Hall–Kier alpha value is -1.40. The van der Waals surface area contributed by atoms with Crippen LogP contribution in [0.1, 0.15) is 32.6 Å². The lowest BCUT2D eigenvalue weighted by Gasteiger charge is -2.43. The molecule has 21 heavy (non-hydrogen) atoms. The van der Waals surface area contributed by atoms with Gasteiger partial charge in [-0.2, -0.15) is 4.98 Å². The van der Waals surface area contributed by atoms with E-state index >= 15 is 0 Å². The second-order valence-corrected chi connectivity index (χ2v) is 6.04. The van der Waals surface area contributed by atoms with Crippen molar-refractivity contribution in [3.05, 3.63) is 11.5 Å². The van der Waals surface area contributed by atoms with Gasteiger partial charge in [0.1, 0.15) is 11.7 Å². The number of fused-ring (bicyclic) bond motifs is 1. The van der Waals surface area contributed by atoms with Gasteiger partial charge in [-0.25, -0.2) is 4.98 Å². The van der Waals surface area contributed by atoms with Crippen molar-refractivity contribution in [3.8, 4) is 0 Å². The van der Waals surface area contributed by atoms with Gasteiger partial charge < -0.3 is 14.9 Å². The highest BCUT2D eigenvalue weighted by molar-refractivity contribution is 6.28. The van der Waals surface area contributed by atoms with Crippen LogP contribution in [0.3, 0.4) is 0 Å². The summed E-state index contributed by atoms with van der Waals surface area (Å²) in [5.41, 5.74) is 0.676. The van der Waals surface area contributed by atoms with E-state index in [1.807, 2.05) is 11.8 Å². The number of hydrogen-bond donors (Lipinski definition) is 1. The number of nitrogens with zero attached hydrogens (tertiary/aromatic N) is 4. The van der Waals surface area contributed by atoms with E-state index < -0.39 is 0 Å². The van der Waals surface area contributed by atoms with Crippen LogP contribution in [0.4, 0.5) is 11.5 Å². The topological polar surface area (TPSA) is 69.6 Å². The molecule has 1 aromatic rings. The maximum atomic E-state index is 12.6. The van der Waals surface area contributed by atoms with Crippen molar-refractivity contribution in [2.24, 2.45) is 0 Å². The third kappa shape index (κ3) is 2.36. The van der Waals surface area contributed by atoms with Crippen LogP contribution < -0.4 is 9.80 Å². The predicted octanol–water partition coefficient (Wildman–Crippen LogP) is 1.60. The Morgan fingerprint density at radius 3 is 2.86 bits per heavy atom. The highest BCUT2D eigenvalue weighted by Crippen LogP contribution is 2.39. The molecular weight excluding hydrogens is 292 g/mol. The summed E-state index contributed by atoms with van der Waals surface area (Å²) in [6, 6.07) is -0.143. The molecule has 1 amide bonds. The van der Waals surface area contributed by atoms with Crippen molar-refractivity contribution >= 4 is 29.0 Å². The van der Waals surface area contributed by atoms with E-state index in [1.54, 1.807) is 18.1 Å². The standard InChI is InChI=1S/C14H19ClN4O2/c1-3-10-13(21)18(2)11-7-16-14(15)17-12(11)19(10)8-4-5-9(20)6-8/h7-10,20H,3-6H2,1-2H3. The fourth-order valence-corrected chi connectivity index (χ4v) is 3.50. The van der Waals surface area contributed by atoms with Crippen molar-refractivity contribution in [1.29, 1.82) is 0 Å². The van der Waals surface area contributed by atoms with Gasteiger partial charge in [0.05, 0.1) is 12.3 Å². The molecule has 1 aliphatic carbocycles. The lowest BCUT2D eigenvalue weighted by molar-refractivity contribution is -0.120. The maximum Gasteiger partial charge on any atom is 0.249 e. The van der Waals surface area contributed by atoms with Gasteiger partial charge in [-0.05, 0) is 37.3 Å². The molecule has 0 bridgehead atoms. The van der Waals surface area contributed by atoms with Crippen LogP contribution in [-0.4, -0.2) is 46.2 Å². The molecule has 114 valence electrons. The Labute approximate surface area is 128 Å². The van der Waals surface area contributed by atoms with Gasteiger partial charge in [0, 0.05) is 13.1 Å². The average Bonchev–Trinajstić information content (AvgIpc) is 2.88. The second kappa shape index (κ2) is 5.42. The molecule has 3 unspecified atom stereocenters. The first-order chi connectivity index (χ1) is 10.0. The summed E-state index contributed by atoms with van der Waals surface area (Å²) in [7, 11) is 1.74. The van der Waals surface area contributed by atoms with Crippen LogP contribution in [0.5, 0.6) is 0 Å². The number of aliphatic hydroxyl groups excluding tert-OH is 1. The van der Waals surface area contributed by atoms with E-state index in [-0.39, 0.29) is 29.4 Å². The van der Waals surface area contributed by atoms with Gasteiger partial charge in [0.25, 0.3) is 0 Å².